The molecule has 1 amide bonds. The number of carbonyl (C=O) groups is 1. The van der Waals surface area contributed by atoms with Crippen molar-refractivity contribution in [2.45, 2.75) is 46.1 Å². The second-order valence-corrected chi connectivity index (χ2v) is 5.89. The zero-order valence-electron chi connectivity index (χ0n) is 12.9. The Kier molecular flexibility index (Phi) is 5.18. The molecule has 1 saturated heterocycles. The molecular formula is C17H26N2O. The van der Waals surface area contributed by atoms with Crippen molar-refractivity contribution in [2.75, 3.05) is 19.6 Å². The molecule has 0 bridgehead atoms. The topological polar surface area (TPSA) is 32.3 Å². The number of piperidine rings is 1. The highest BCUT2D eigenvalue weighted by molar-refractivity contribution is 5.78. The zero-order chi connectivity index (χ0) is 14.5. The summed E-state index contributed by atoms with van der Waals surface area (Å²) in [4.78, 5) is 14.1. The van der Waals surface area contributed by atoms with Gasteiger partial charge < -0.3 is 10.2 Å². The fourth-order valence-electron chi connectivity index (χ4n) is 2.65. The van der Waals surface area contributed by atoms with Crippen LogP contribution in [-0.2, 0) is 4.79 Å². The standard InChI is InChI=1S/C17H26N2O/c1-13-7-8-16(11-14(13)2)15(3)18-12-17(20)19-9-5-4-6-10-19/h7-8,11,15,18H,4-6,9-10,12H2,1-3H3. The normalized spacial score (nSPS) is 17.1. The molecule has 0 aromatic heterocycles. The van der Waals surface area contributed by atoms with Crippen LogP contribution in [0.5, 0.6) is 0 Å². The predicted molar refractivity (Wildman–Crippen MR) is 82.8 cm³/mol. The number of likely N-dealkylation sites (tertiary alicyclic amines) is 1. The van der Waals surface area contributed by atoms with Gasteiger partial charge in [0.1, 0.15) is 0 Å². The molecule has 1 atom stereocenters. The Hall–Kier alpha value is -1.35. The second-order valence-electron chi connectivity index (χ2n) is 5.89. The molecule has 1 aromatic rings. The molecule has 110 valence electrons. The van der Waals surface area contributed by atoms with E-state index >= 15 is 0 Å². The van der Waals surface area contributed by atoms with Gasteiger partial charge in [-0.3, -0.25) is 4.79 Å². The highest BCUT2D eigenvalue weighted by Gasteiger charge is 2.17. The molecule has 1 aliphatic rings. The zero-order valence-corrected chi connectivity index (χ0v) is 12.9. The average molecular weight is 274 g/mol. The Balaban J connectivity index is 1.86. The third-order valence-corrected chi connectivity index (χ3v) is 4.30. The SMILES string of the molecule is Cc1ccc(C(C)NCC(=O)N2CCCCC2)cc1C. The van der Waals surface area contributed by atoms with E-state index in [0.717, 1.165) is 25.9 Å². The maximum atomic E-state index is 12.1. The summed E-state index contributed by atoms with van der Waals surface area (Å²) in [5.41, 5.74) is 3.86. The molecule has 0 aliphatic carbocycles. The minimum atomic E-state index is 0.211. The third kappa shape index (κ3) is 3.83. The number of amides is 1. The average Bonchev–Trinajstić information content (AvgIpc) is 2.48. The lowest BCUT2D eigenvalue weighted by Gasteiger charge is -2.27. The Morgan fingerprint density at radius 1 is 1.20 bits per heavy atom. The van der Waals surface area contributed by atoms with E-state index in [1.165, 1.54) is 23.1 Å². The fraction of sp³-hybridized carbons (Fsp3) is 0.588. The van der Waals surface area contributed by atoms with Gasteiger partial charge in [-0.2, -0.15) is 0 Å². The number of aryl methyl sites for hydroxylation is 2. The summed E-state index contributed by atoms with van der Waals surface area (Å²) < 4.78 is 0. The van der Waals surface area contributed by atoms with E-state index in [-0.39, 0.29) is 11.9 Å². The summed E-state index contributed by atoms with van der Waals surface area (Å²) in [5, 5.41) is 3.35. The molecule has 1 unspecified atom stereocenters. The summed E-state index contributed by atoms with van der Waals surface area (Å²) >= 11 is 0. The van der Waals surface area contributed by atoms with E-state index in [9.17, 15) is 4.79 Å². The highest BCUT2D eigenvalue weighted by Crippen LogP contribution is 2.16. The van der Waals surface area contributed by atoms with Gasteiger partial charge in [-0.25, -0.2) is 0 Å². The Bertz CT molecular complexity index is 464. The summed E-state index contributed by atoms with van der Waals surface area (Å²) in [5.74, 6) is 0.236. The molecule has 3 nitrogen and oxygen atoms in total. The van der Waals surface area contributed by atoms with Crippen LogP contribution in [0.4, 0.5) is 0 Å². The Morgan fingerprint density at radius 2 is 1.90 bits per heavy atom. The molecule has 1 heterocycles. The minimum Gasteiger partial charge on any atom is -0.342 e. The molecule has 1 fully saturated rings. The molecule has 1 aliphatic heterocycles. The van der Waals surface area contributed by atoms with Gasteiger partial charge in [0.15, 0.2) is 0 Å². The van der Waals surface area contributed by atoms with Gasteiger partial charge in [0, 0.05) is 19.1 Å². The number of nitrogens with zero attached hydrogens (tertiary/aromatic N) is 1. The number of hydrogen-bond donors (Lipinski definition) is 1. The van der Waals surface area contributed by atoms with E-state index in [4.69, 9.17) is 0 Å². The number of nitrogens with one attached hydrogen (secondary N) is 1. The van der Waals surface area contributed by atoms with E-state index < -0.39 is 0 Å². The van der Waals surface area contributed by atoms with Crippen LogP contribution in [0.25, 0.3) is 0 Å². The van der Waals surface area contributed by atoms with E-state index in [2.05, 4.69) is 44.3 Å². The van der Waals surface area contributed by atoms with Crippen LogP contribution in [0.15, 0.2) is 18.2 Å². The van der Waals surface area contributed by atoms with Crippen molar-refractivity contribution in [3.8, 4) is 0 Å². The van der Waals surface area contributed by atoms with Crippen molar-refractivity contribution in [1.82, 2.24) is 10.2 Å². The molecule has 0 radical (unpaired) electrons. The van der Waals surface area contributed by atoms with Crippen molar-refractivity contribution in [3.63, 3.8) is 0 Å². The first kappa shape index (κ1) is 15.0. The van der Waals surface area contributed by atoms with Gasteiger partial charge in [-0.15, -0.1) is 0 Å². The molecule has 2 rings (SSSR count). The Labute approximate surface area is 122 Å². The van der Waals surface area contributed by atoms with Crippen LogP contribution in [0.2, 0.25) is 0 Å². The summed E-state index contributed by atoms with van der Waals surface area (Å²) in [6, 6.07) is 6.71. The largest absolute Gasteiger partial charge is 0.342 e. The third-order valence-electron chi connectivity index (χ3n) is 4.30. The van der Waals surface area contributed by atoms with Gasteiger partial charge in [0.2, 0.25) is 5.91 Å². The lowest BCUT2D eigenvalue weighted by molar-refractivity contribution is -0.131. The smallest absolute Gasteiger partial charge is 0.236 e. The van der Waals surface area contributed by atoms with Crippen molar-refractivity contribution < 1.29 is 4.79 Å². The summed E-state index contributed by atoms with van der Waals surface area (Å²) in [7, 11) is 0. The van der Waals surface area contributed by atoms with Gasteiger partial charge in [-0.05, 0) is 56.7 Å². The molecule has 0 spiro atoms. The summed E-state index contributed by atoms with van der Waals surface area (Å²) in [6.07, 6.45) is 3.56. The molecule has 20 heavy (non-hydrogen) atoms. The number of hydrogen-bond acceptors (Lipinski definition) is 2. The van der Waals surface area contributed by atoms with Gasteiger partial charge in [0.25, 0.3) is 0 Å². The molecule has 1 N–H and O–H groups in total. The lowest BCUT2D eigenvalue weighted by Crippen LogP contribution is -2.41. The first-order valence-corrected chi connectivity index (χ1v) is 7.66. The van der Waals surface area contributed by atoms with Crippen LogP contribution < -0.4 is 5.32 Å². The number of rotatable bonds is 4. The second kappa shape index (κ2) is 6.89. The van der Waals surface area contributed by atoms with E-state index in [1.54, 1.807) is 0 Å². The van der Waals surface area contributed by atoms with Crippen LogP contribution in [0, 0.1) is 13.8 Å². The first-order chi connectivity index (χ1) is 9.58. The quantitative estimate of drug-likeness (QED) is 0.915. The molecule has 3 heteroatoms. The van der Waals surface area contributed by atoms with Crippen LogP contribution in [0.3, 0.4) is 0 Å². The van der Waals surface area contributed by atoms with Crippen molar-refractivity contribution in [3.05, 3.63) is 34.9 Å². The van der Waals surface area contributed by atoms with E-state index in [0.29, 0.717) is 6.54 Å². The number of benzene rings is 1. The maximum Gasteiger partial charge on any atom is 0.236 e. The monoisotopic (exact) mass is 274 g/mol. The lowest BCUT2D eigenvalue weighted by atomic mass is 10.0. The fourth-order valence-corrected chi connectivity index (χ4v) is 2.65. The molecule has 1 aromatic carbocycles. The highest BCUT2D eigenvalue weighted by atomic mass is 16.2. The van der Waals surface area contributed by atoms with Crippen molar-refractivity contribution >= 4 is 5.91 Å². The summed E-state index contributed by atoms with van der Waals surface area (Å²) in [6.45, 7) is 8.67. The van der Waals surface area contributed by atoms with Crippen molar-refractivity contribution in [2.24, 2.45) is 0 Å². The first-order valence-electron chi connectivity index (χ1n) is 7.66. The molecule has 0 saturated carbocycles. The number of carbonyl (C=O) groups excluding carboxylic acids is 1. The van der Waals surface area contributed by atoms with Crippen LogP contribution in [0.1, 0.15) is 48.9 Å². The predicted octanol–water partition coefficient (Wildman–Crippen LogP) is 2.97. The van der Waals surface area contributed by atoms with Crippen molar-refractivity contribution in [1.29, 1.82) is 0 Å². The van der Waals surface area contributed by atoms with Crippen LogP contribution >= 0.6 is 0 Å². The minimum absolute atomic E-state index is 0.211. The Morgan fingerprint density at radius 3 is 2.55 bits per heavy atom. The maximum absolute atomic E-state index is 12.1. The van der Waals surface area contributed by atoms with Gasteiger partial charge >= 0.3 is 0 Å². The van der Waals surface area contributed by atoms with E-state index in [1.807, 2.05) is 4.90 Å². The van der Waals surface area contributed by atoms with Gasteiger partial charge in [-0.1, -0.05) is 18.2 Å². The molecular weight excluding hydrogens is 248 g/mol. The van der Waals surface area contributed by atoms with Gasteiger partial charge in [0.05, 0.1) is 6.54 Å². The van der Waals surface area contributed by atoms with Crippen LogP contribution in [-0.4, -0.2) is 30.4 Å².